The van der Waals surface area contributed by atoms with Crippen LogP contribution in [0.15, 0.2) is 35.2 Å². The highest BCUT2D eigenvalue weighted by molar-refractivity contribution is 7.99. The minimum Gasteiger partial charge on any atom is -0.370 e. The van der Waals surface area contributed by atoms with Crippen molar-refractivity contribution in [2.24, 2.45) is 0 Å². The fourth-order valence-electron chi connectivity index (χ4n) is 2.16. The van der Waals surface area contributed by atoms with Crippen molar-refractivity contribution in [1.82, 2.24) is 5.32 Å². The molecule has 1 heterocycles. The van der Waals surface area contributed by atoms with Gasteiger partial charge in [0, 0.05) is 17.1 Å². The van der Waals surface area contributed by atoms with E-state index in [9.17, 15) is 4.79 Å². The molecule has 110 valence electrons. The third-order valence-corrected chi connectivity index (χ3v) is 4.36. The molecule has 20 heavy (non-hydrogen) atoms. The Bertz CT molecular complexity index is 394. The first-order valence-corrected chi connectivity index (χ1v) is 8.19. The van der Waals surface area contributed by atoms with Crippen LogP contribution in [0.3, 0.4) is 0 Å². The van der Waals surface area contributed by atoms with Crippen molar-refractivity contribution in [3.8, 4) is 0 Å². The summed E-state index contributed by atoms with van der Waals surface area (Å²) in [5.41, 5.74) is 0. The number of hydrogen-bond acceptors (Lipinski definition) is 3. The molecule has 1 aromatic rings. The minimum absolute atomic E-state index is 0.154. The van der Waals surface area contributed by atoms with Crippen LogP contribution in [0.5, 0.6) is 0 Å². The Balaban J connectivity index is 1.52. The number of hydrogen-bond donors (Lipinski definition) is 2. The van der Waals surface area contributed by atoms with Crippen molar-refractivity contribution < 1.29 is 14.4 Å². The molecule has 0 bridgehead atoms. The number of morpholine rings is 1. The Kier molecular flexibility index (Phi) is 6.91. The van der Waals surface area contributed by atoms with E-state index in [0.29, 0.717) is 6.42 Å². The Morgan fingerprint density at radius 1 is 1.25 bits per heavy atom. The largest absolute Gasteiger partial charge is 0.370 e. The second-order valence-corrected chi connectivity index (χ2v) is 6.04. The van der Waals surface area contributed by atoms with E-state index in [1.807, 2.05) is 18.2 Å². The van der Waals surface area contributed by atoms with E-state index in [4.69, 9.17) is 4.74 Å². The van der Waals surface area contributed by atoms with Crippen LogP contribution >= 0.6 is 11.8 Å². The lowest BCUT2D eigenvalue weighted by atomic mass is 10.4. The van der Waals surface area contributed by atoms with E-state index in [-0.39, 0.29) is 5.91 Å². The molecule has 4 nitrogen and oxygen atoms in total. The molecule has 2 N–H and O–H groups in total. The first-order valence-electron chi connectivity index (χ1n) is 7.20. The van der Waals surface area contributed by atoms with Crippen LogP contribution in [-0.4, -0.2) is 51.1 Å². The van der Waals surface area contributed by atoms with Crippen molar-refractivity contribution in [1.29, 1.82) is 0 Å². The Morgan fingerprint density at radius 2 is 2.00 bits per heavy atom. The first-order chi connectivity index (χ1) is 9.84. The maximum Gasteiger partial charge on any atom is 0.221 e. The zero-order valence-electron chi connectivity index (χ0n) is 11.8. The average molecular weight is 295 g/mol. The summed E-state index contributed by atoms with van der Waals surface area (Å²) in [6, 6.07) is 10.2. The van der Waals surface area contributed by atoms with Gasteiger partial charge in [-0.3, -0.25) is 4.79 Å². The van der Waals surface area contributed by atoms with Gasteiger partial charge in [0.15, 0.2) is 0 Å². The molecule has 1 fully saturated rings. The smallest absolute Gasteiger partial charge is 0.221 e. The monoisotopic (exact) mass is 295 g/mol. The molecule has 1 saturated heterocycles. The summed E-state index contributed by atoms with van der Waals surface area (Å²) >= 11 is 1.73. The molecule has 0 unspecified atom stereocenters. The van der Waals surface area contributed by atoms with Crippen molar-refractivity contribution in [3.05, 3.63) is 30.3 Å². The quantitative estimate of drug-likeness (QED) is 0.706. The van der Waals surface area contributed by atoms with Crippen LogP contribution < -0.4 is 10.2 Å². The van der Waals surface area contributed by atoms with Gasteiger partial charge in [0.1, 0.15) is 13.1 Å². The second kappa shape index (κ2) is 9.00. The van der Waals surface area contributed by atoms with Gasteiger partial charge in [-0.25, -0.2) is 0 Å². The summed E-state index contributed by atoms with van der Waals surface area (Å²) in [6.45, 7) is 5.57. The number of thioether (sulfide) groups is 1. The molecular weight excluding hydrogens is 272 g/mol. The van der Waals surface area contributed by atoms with Gasteiger partial charge in [-0.1, -0.05) is 18.2 Å². The molecule has 0 spiro atoms. The highest BCUT2D eigenvalue weighted by atomic mass is 32.2. The predicted molar refractivity (Wildman–Crippen MR) is 81.2 cm³/mol. The SMILES string of the molecule is O=C(CCSc1ccccc1)NCC[NH+]1CCOCC1. The van der Waals surface area contributed by atoms with Gasteiger partial charge in [0.25, 0.3) is 0 Å². The van der Waals surface area contributed by atoms with Crippen molar-refractivity contribution in [2.45, 2.75) is 11.3 Å². The number of ether oxygens (including phenoxy) is 1. The highest BCUT2D eigenvalue weighted by Gasteiger charge is 2.13. The number of carbonyl (C=O) groups is 1. The lowest BCUT2D eigenvalue weighted by Crippen LogP contribution is -3.14. The summed E-state index contributed by atoms with van der Waals surface area (Å²) in [7, 11) is 0. The number of amides is 1. The standard InChI is InChI=1S/C15H22N2O2S/c18-15(6-13-20-14-4-2-1-3-5-14)16-7-8-17-9-11-19-12-10-17/h1-5H,6-13H2,(H,16,18)/p+1. The molecular formula is C15H23N2O2S+. The molecule has 0 atom stereocenters. The molecule has 1 aliphatic heterocycles. The van der Waals surface area contributed by atoms with Gasteiger partial charge in [0.05, 0.1) is 26.3 Å². The van der Waals surface area contributed by atoms with Crippen LogP contribution in [-0.2, 0) is 9.53 Å². The van der Waals surface area contributed by atoms with Crippen LogP contribution in [0.4, 0.5) is 0 Å². The summed E-state index contributed by atoms with van der Waals surface area (Å²) < 4.78 is 5.31. The number of benzene rings is 1. The second-order valence-electron chi connectivity index (χ2n) is 4.87. The molecule has 0 aliphatic carbocycles. The van der Waals surface area contributed by atoms with E-state index in [0.717, 1.165) is 45.1 Å². The van der Waals surface area contributed by atoms with Crippen LogP contribution in [0.1, 0.15) is 6.42 Å². The number of nitrogens with one attached hydrogen (secondary N) is 2. The van der Waals surface area contributed by atoms with Gasteiger partial charge >= 0.3 is 0 Å². The van der Waals surface area contributed by atoms with E-state index < -0.39 is 0 Å². The van der Waals surface area contributed by atoms with Gasteiger partial charge < -0.3 is 15.0 Å². The van der Waals surface area contributed by atoms with Gasteiger partial charge in [-0.2, -0.15) is 0 Å². The van der Waals surface area contributed by atoms with Crippen LogP contribution in [0.25, 0.3) is 0 Å². The maximum absolute atomic E-state index is 11.7. The average Bonchev–Trinajstić information content (AvgIpc) is 2.49. The maximum atomic E-state index is 11.7. The number of quaternary nitrogens is 1. The molecule has 1 aromatic carbocycles. The van der Waals surface area contributed by atoms with E-state index in [1.165, 1.54) is 9.80 Å². The molecule has 5 heteroatoms. The van der Waals surface area contributed by atoms with Gasteiger partial charge in [0.2, 0.25) is 5.91 Å². The van der Waals surface area contributed by atoms with Crippen LogP contribution in [0, 0.1) is 0 Å². The third-order valence-electron chi connectivity index (χ3n) is 3.34. The Morgan fingerprint density at radius 3 is 2.75 bits per heavy atom. The zero-order valence-corrected chi connectivity index (χ0v) is 12.6. The van der Waals surface area contributed by atoms with Gasteiger partial charge in [-0.15, -0.1) is 11.8 Å². The number of carbonyl (C=O) groups excluding carboxylic acids is 1. The molecule has 0 saturated carbocycles. The summed E-state index contributed by atoms with van der Waals surface area (Å²) in [5, 5.41) is 3.00. The van der Waals surface area contributed by atoms with Crippen molar-refractivity contribution in [2.75, 3.05) is 45.1 Å². The Hall–Kier alpha value is -1.04. The fraction of sp³-hybridized carbons (Fsp3) is 0.533. The highest BCUT2D eigenvalue weighted by Crippen LogP contribution is 2.17. The van der Waals surface area contributed by atoms with E-state index >= 15 is 0 Å². The van der Waals surface area contributed by atoms with Crippen molar-refractivity contribution >= 4 is 17.7 Å². The van der Waals surface area contributed by atoms with E-state index in [2.05, 4.69) is 17.4 Å². The predicted octanol–water partition coefficient (Wildman–Crippen LogP) is 0.200. The number of rotatable bonds is 7. The van der Waals surface area contributed by atoms with E-state index in [1.54, 1.807) is 11.8 Å². The summed E-state index contributed by atoms with van der Waals surface area (Å²) in [6.07, 6.45) is 0.581. The first kappa shape index (κ1) is 15.4. The summed E-state index contributed by atoms with van der Waals surface area (Å²) in [4.78, 5) is 14.5. The molecule has 1 aliphatic rings. The molecule has 0 aromatic heterocycles. The zero-order chi connectivity index (χ0) is 14.0. The topological polar surface area (TPSA) is 42.8 Å². The Labute approximate surface area is 124 Å². The molecule has 2 rings (SSSR count). The van der Waals surface area contributed by atoms with Crippen molar-refractivity contribution in [3.63, 3.8) is 0 Å². The van der Waals surface area contributed by atoms with Gasteiger partial charge in [-0.05, 0) is 12.1 Å². The van der Waals surface area contributed by atoms with Crippen LogP contribution in [0.2, 0.25) is 0 Å². The lowest BCUT2D eigenvalue weighted by Gasteiger charge is -2.23. The lowest BCUT2D eigenvalue weighted by molar-refractivity contribution is -0.906. The molecule has 1 amide bonds. The third kappa shape index (κ3) is 5.94. The summed E-state index contributed by atoms with van der Waals surface area (Å²) in [5.74, 6) is 0.987. The minimum atomic E-state index is 0.154. The fourth-order valence-corrected chi connectivity index (χ4v) is 3.03. The molecule has 0 radical (unpaired) electrons. The normalized spacial score (nSPS) is 16.0.